The van der Waals surface area contributed by atoms with Crippen molar-refractivity contribution in [3.05, 3.63) is 119 Å². The normalized spacial score (nSPS) is 21.6. The van der Waals surface area contributed by atoms with Gasteiger partial charge in [0, 0.05) is 12.5 Å². The maximum Gasteiger partial charge on any atom is 0.237 e. The number of likely N-dealkylation sites (tertiary alicyclic amines) is 1. The van der Waals surface area contributed by atoms with Crippen LogP contribution in [0.5, 0.6) is 17.2 Å². The van der Waals surface area contributed by atoms with E-state index in [2.05, 4.69) is 57.2 Å². The fraction of sp³-hybridized carbons (Fsp3) is 0.317. The van der Waals surface area contributed by atoms with E-state index in [1.807, 2.05) is 55.5 Å². The Labute approximate surface area is 287 Å². The van der Waals surface area contributed by atoms with Gasteiger partial charge in [0.1, 0.15) is 17.2 Å². The van der Waals surface area contributed by atoms with Crippen LogP contribution >= 0.6 is 0 Å². The molecule has 4 aromatic rings. The molecule has 2 heterocycles. The van der Waals surface area contributed by atoms with E-state index in [0.29, 0.717) is 5.69 Å². The van der Waals surface area contributed by atoms with E-state index in [1.54, 1.807) is 19.2 Å². The number of amides is 4. The Morgan fingerprint density at radius 1 is 0.551 bits per heavy atom. The van der Waals surface area contributed by atoms with Gasteiger partial charge in [-0.15, -0.1) is 0 Å². The van der Waals surface area contributed by atoms with Gasteiger partial charge in [-0.2, -0.15) is 0 Å². The van der Waals surface area contributed by atoms with E-state index in [1.165, 1.54) is 28.6 Å². The van der Waals surface area contributed by atoms with Crippen LogP contribution in [0.15, 0.2) is 97.1 Å². The lowest BCUT2D eigenvalue weighted by Gasteiger charge is -2.28. The van der Waals surface area contributed by atoms with E-state index in [-0.39, 0.29) is 41.9 Å². The summed E-state index contributed by atoms with van der Waals surface area (Å²) in [6, 6.07) is 31.9. The van der Waals surface area contributed by atoms with Crippen LogP contribution < -0.4 is 14.4 Å². The number of methoxy groups -OCH3 is 1. The molecule has 2 saturated heterocycles. The molecule has 4 aromatic carbocycles. The fourth-order valence-electron chi connectivity index (χ4n) is 7.15. The summed E-state index contributed by atoms with van der Waals surface area (Å²) in [5.41, 5.74) is 5.24. The van der Waals surface area contributed by atoms with Crippen molar-refractivity contribution >= 4 is 29.3 Å². The van der Waals surface area contributed by atoms with Crippen molar-refractivity contribution in [1.29, 1.82) is 0 Å². The molecule has 4 atom stereocenters. The predicted molar refractivity (Wildman–Crippen MR) is 187 cm³/mol. The van der Waals surface area contributed by atoms with Crippen molar-refractivity contribution in [2.45, 2.75) is 46.0 Å². The van der Waals surface area contributed by atoms with Crippen LogP contribution in [-0.4, -0.2) is 42.7 Å². The molecule has 0 radical (unpaired) electrons. The SMILES string of the molecule is COc1ccc(C(C)(C)c2ccc(Oc3ccc(C)cc3)cc2)cc1.Cc1ccc(N2C(=O)C3CC4C(=O)N(C)C(=O)C4CC3C2=O)cc1. The molecule has 8 heteroatoms. The average molecular weight is 659 g/mol. The molecule has 49 heavy (non-hydrogen) atoms. The number of nitrogens with zero attached hydrogens (tertiary/aromatic N) is 2. The van der Waals surface area contributed by atoms with Crippen LogP contribution in [-0.2, 0) is 24.6 Å². The van der Waals surface area contributed by atoms with Gasteiger partial charge in [0.15, 0.2) is 0 Å². The summed E-state index contributed by atoms with van der Waals surface area (Å²) in [6.07, 6.45) is 0.578. The minimum absolute atomic E-state index is 0.0886. The first-order valence-electron chi connectivity index (χ1n) is 16.6. The summed E-state index contributed by atoms with van der Waals surface area (Å²) in [7, 11) is 3.16. The van der Waals surface area contributed by atoms with Gasteiger partial charge < -0.3 is 9.47 Å². The van der Waals surface area contributed by atoms with E-state index in [0.717, 1.165) is 27.7 Å². The Bertz CT molecular complexity index is 1820. The number of hydrogen-bond donors (Lipinski definition) is 0. The number of rotatable bonds is 6. The Kier molecular flexibility index (Phi) is 9.16. The van der Waals surface area contributed by atoms with Crippen LogP contribution in [0.4, 0.5) is 5.69 Å². The molecule has 0 N–H and O–H groups in total. The summed E-state index contributed by atoms with van der Waals surface area (Å²) >= 11 is 0. The minimum Gasteiger partial charge on any atom is -0.497 e. The van der Waals surface area contributed by atoms with Crippen molar-refractivity contribution in [3.63, 3.8) is 0 Å². The molecule has 3 fully saturated rings. The molecule has 0 bridgehead atoms. The van der Waals surface area contributed by atoms with E-state index in [4.69, 9.17) is 9.47 Å². The summed E-state index contributed by atoms with van der Waals surface area (Å²) in [6.45, 7) is 8.46. The van der Waals surface area contributed by atoms with Crippen molar-refractivity contribution in [2.75, 3.05) is 19.1 Å². The molecule has 0 spiro atoms. The first kappa shape index (κ1) is 33.7. The molecule has 1 aliphatic carbocycles. The van der Waals surface area contributed by atoms with Gasteiger partial charge in [-0.25, -0.2) is 0 Å². The van der Waals surface area contributed by atoms with Gasteiger partial charge >= 0.3 is 0 Å². The van der Waals surface area contributed by atoms with Crippen molar-refractivity contribution in [1.82, 2.24) is 4.90 Å². The lowest BCUT2D eigenvalue weighted by Crippen LogP contribution is -2.35. The average Bonchev–Trinajstić information content (AvgIpc) is 3.48. The Morgan fingerprint density at radius 2 is 0.918 bits per heavy atom. The molecule has 2 aliphatic heterocycles. The molecule has 4 amide bonds. The topological polar surface area (TPSA) is 93.2 Å². The molecular formula is C41H42N2O6. The van der Waals surface area contributed by atoms with Crippen molar-refractivity contribution in [2.24, 2.45) is 23.7 Å². The molecular weight excluding hydrogens is 616 g/mol. The lowest BCUT2D eigenvalue weighted by atomic mass is 9.70. The molecule has 0 aromatic heterocycles. The molecule has 3 aliphatic rings. The van der Waals surface area contributed by atoms with Gasteiger partial charge in [0.25, 0.3) is 0 Å². The number of aryl methyl sites for hydroxylation is 2. The van der Waals surface area contributed by atoms with Gasteiger partial charge in [-0.1, -0.05) is 73.5 Å². The smallest absolute Gasteiger partial charge is 0.237 e. The first-order chi connectivity index (χ1) is 23.4. The van der Waals surface area contributed by atoms with Crippen molar-refractivity contribution in [3.8, 4) is 17.2 Å². The van der Waals surface area contributed by atoms with Gasteiger partial charge in [-0.3, -0.25) is 29.0 Å². The molecule has 7 rings (SSSR count). The monoisotopic (exact) mass is 658 g/mol. The summed E-state index contributed by atoms with van der Waals surface area (Å²) in [5, 5.41) is 0. The highest BCUT2D eigenvalue weighted by atomic mass is 16.5. The summed E-state index contributed by atoms with van der Waals surface area (Å²) < 4.78 is 11.2. The highest BCUT2D eigenvalue weighted by molar-refractivity contribution is 6.22. The molecule has 1 saturated carbocycles. The largest absolute Gasteiger partial charge is 0.497 e. The number of hydrogen-bond acceptors (Lipinski definition) is 6. The second-order valence-corrected chi connectivity index (χ2v) is 13.8. The first-order valence-corrected chi connectivity index (χ1v) is 16.6. The predicted octanol–water partition coefficient (Wildman–Crippen LogP) is 7.25. The van der Waals surface area contributed by atoms with Gasteiger partial charge in [0.05, 0.1) is 36.5 Å². The maximum atomic E-state index is 12.8. The Balaban J connectivity index is 0.000000170. The quantitative estimate of drug-likeness (QED) is 0.203. The number of ether oxygens (including phenoxy) is 2. The van der Waals surface area contributed by atoms with Crippen LogP contribution in [0.3, 0.4) is 0 Å². The van der Waals surface area contributed by atoms with E-state index >= 15 is 0 Å². The second-order valence-electron chi connectivity index (χ2n) is 13.8. The van der Waals surface area contributed by atoms with Crippen LogP contribution in [0.2, 0.25) is 0 Å². The molecule has 8 nitrogen and oxygen atoms in total. The van der Waals surface area contributed by atoms with Crippen LogP contribution in [0, 0.1) is 37.5 Å². The fourth-order valence-corrected chi connectivity index (χ4v) is 7.15. The lowest BCUT2D eigenvalue weighted by molar-refractivity contribution is -0.138. The Hall–Kier alpha value is -5.24. The number of carbonyl (C=O) groups is 4. The number of anilines is 1. The standard InChI is InChI=1S/C23H24O2.C18H18N2O4/c1-17-5-11-21(12-6-17)25-22-15-9-19(10-16-22)23(2,3)18-7-13-20(24-4)14-8-18;1-9-3-5-10(6-4-9)20-17(23)13-7-11-12(8-14(13)18(20)24)16(22)19(2)15(11)21/h5-16H,1-4H3;3-6,11-14H,7-8H2,1-2H3. The van der Waals surface area contributed by atoms with Crippen molar-refractivity contribution < 1.29 is 28.7 Å². The maximum absolute atomic E-state index is 12.8. The number of benzene rings is 4. The zero-order chi connectivity index (χ0) is 35.0. The van der Waals surface area contributed by atoms with E-state index < -0.39 is 23.7 Å². The van der Waals surface area contributed by atoms with Gasteiger partial charge in [-0.05, 0) is 86.3 Å². The molecule has 4 unspecified atom stereocenters. The number of imide groups is 2. The number of carbonyl (C=O) groups excluding carboxylic acids is 4. The summed E-state index contributed by atoms with van der Waals surface area (Å²) in [5.74, 6) is -0.282. The summed E-state index contributed by atoms with van der Waals surface area (Å²) in [4.78, 5) is 52.4. The zero-order valence-corrected chi connectivity index (χ0v) is 28.8. The third-order valence-corrected chi connectivity index (χ3v) is 10.3. The minimum atomic E-state index is -0.497. The van der Waals surface area contributed by atoms with Gasteiger partial charge in [0.2, 0.25) is 23.6 Å². The van der Waals surface area contributed by atoms with Crippen LogP contribution in [0.1, 0.15) is 48.9 Å². The highest BCUT2D eigenvalue weighted by Crippen LogP contribution is 2.48. The third-order valence-electron chi connectivity index (χ3n) is 10.3. The third kappa shape index (κ3) is 6.47. The second kappa shape index (κ2) is 13.3. The zero-order valence-electron chi connectivity index (χ0n) is 28.8. The number of fused-ring (bicyclic) bond motifs is 2. The Morgan fingerprint density at radius 3 is 1.35 bits per heavy atom. The van der Waals surface area contributed by atoms with E-state index in [9.17, 15) is 19.2 Å². The highest BCUT2D eigenvalue weighted by Gasteiger charge is 2.59. The molecule has 252 valence electrons. The van der Waals surface area contributed by atoms with Crippen LogP contribution in [0.25, 0.3) is 0 Å².